The molecule has 3 heterocycles. The van der Waals surface area contributed by atoms with Gasteiger partial charge >= 0.3 is 0 Å². The lowest BCUT2D eigenvalue weighted by Gasteiger charge is -2.32. The molecule has 1 aliphatic heterocycles. The first-order valence-electron chi connectivity index (χ1n) is 10.6. The van der Waals surface area contributed by atoms with Crippen LogP contribution in [0.5, 0.6) is 0 Å². The first-order chi connectivity index (χ1) is 15.7. The SMILES string of the molecule is O=C(NC1CCN(C(=O)c2ccncc2)CC1)c1ccc2noc(-c3ccccc3)c2c1. The number of carbonyl (C=O) groups is 2. The summed E-state index contributed by atoms with van der Waals surface area (Å²) in [6.45, 7) is 1.21. The Labute approximate surface area is 185 Å². The Kier molecular flexibility index (Phi) is 5.37. The molecule has 1 saturated heterocycles. The van der Waals surface area contributed by atoms with E-state index in [2.05, 4.69) is 15.5 Å². The first kappa shape index (κ1) is 19.9. The van der Waals surface area contributed by atoms with Crippen LogP contribution in [0.2, 0.25) is 0 Å². The molecular weight excluding hydrogens is 404 g/mol. The second-order valence-corrected chi connectivity index (χ2v) is 7.89. The summed E-state index contributed by atoms with van der Waals surface area (Å²) < 4.78 is 5.53. The summed E-state index contributed by atoms with van der Waals surface area (Å²) >= 11 is 0. The van der Waals surface area contributed by atoms with Crippen LogP contribution >= 0.6 is 0 Å². The van der Waals surface area contributed by atoms with Crippen LogP contribution in [0.1, 0.15) is 33.6 Å². The summed E-state index contributed by atoms with van der Waals surface area (Å²) in [5.41, 5.74) is 2.83. The zero-order valence-corrected chi connectivity index (χ0v) is 17.4. The summed E-state index contributed by atoms with van der Waals surface area (Å²) in [6, 6.07) is 18.6. The van der Waals surface area contributed by atoms with E-state index in [0.717, 1.165) is 10.9 Å². The van der Waals surface area contributed by atoms with E-state index in [1.165, 1.54) is 0 Å². The van der Waals surface area contributed by atoms with Gasteiger partial charge in [0.05, 0.1) is 5.39 Å². The van der Waals surface area contributed by atoms with Gasteiger partial charge in [0, 0.05) is 48.2 Å². The molecule has 7 nitrogen and oxygen atoms in total. The van der Waals surface area contributed by atoms with Crippen molar-refractivity contribution in [3.8, 4) is 11.3 Å². The second-order valence-electron chi connectivity index (χ2n) is 7.89. The minimum atomic E-state index is -0.133. The van der Waals surface area contributed by atoms with Crippen molar-refractivity contribution in [3.05, 3.63) is 84.2 Å². The van der Waals surface area contributed by atoms with E-state index in [9.17, 15) is 9.59 Å². The summed E-state index contributed by atoms with van der Waals surface area (Å²) in [5, 5.41) is 8.03. The summed E-state index contributed by atoms with van der Waals surface area (Å²) in [4.78, 5) is 31.3. The molecule has 4 aromatic rings. The van der Waals surface area contributed by atoms with E-state index < -0.39 is 0 Å². The molecule has 0 aliphatic carbocycles. The van der Waals surface area contributed by atoms with Gasteiger partial charge in [0.2, 0.25) is 0 Å². The quantitative estimate of drug-likeness (QED) is 0.534. The van der Waals surface area contributed by atoms with Gasteiger partial charge in [-0.2, -0.15) is 0 Å². The van der Waals surface area contributed by atoms with Crippen molar-refractivity contribution < 1.29 is 14.1 Å². The fraction of sp³-hybridized carbons (Fsp3) is 0.200. The van der Waals surface area contributed by atoms with Crippen LogP contribution < -0.4 is 5.32 Å². The number of amides is 2. The number of benzene rings is 2. The summed E-state index contributed by atoms with van der Waals surface area (Å²) in [5.74, 6) is 0.521. The number of aromatic nitrogens is 2. The average molecular weight is 426 g/mol. The predicted molar refractivity (Wildman–Crippen MR) is 120 cm³/mol. The number of nitrogens with zero attached hydrogens (tertiary/aromatic N) is 3. The molecule has 0 radical (unpaired) electrons. The maximum absolute atomic E-state index is 12.9. The van der Waals surface area contributed by atoms with Gasteiger partial charge in [-0.05, 0) is 43.2 Å². The highest BCUT2D eigenvalue weighted by molar-refractivity contribution is 6.01. The van der Waals surface area contributed by atoms with Crippen molar-refractivity contribution in [1.29, 1.82) is 0 Å². The van der Waals surface area contributed by atoms with E-state index in [1.807, 2.05) is 41.3 Å². The number of rotatable bonds is 4. The zero-order chi connectivity index (χ0) is 21.9. The van der Waals surface area contributed by atoms with Gasteiger partial charge in [-0.3, -0.25) is 14.6 Å². The standard InChI is InChI=1S/C25H22N4O3/c30-24(27-20-10-14-29(15-11-20)25(31)18-8-12-26-13-9-18)19-6-7-22-21(16-19)23(32-28-22)17-4-2-1-3-5-17/h1-9,12-13,16,20H,10-11,14-15H2,(H,27,30). The molecule has 7 heteroatoms. The third-order valence-electron chi connectivity index (χ3n) is 5.82. The predicted octanol–water partition coefficient (Wildman–Crippen LogP) is 3.92. The van der Waals surface area contributed by atoms with Gasteiger partial charge in [0.15, 0.2) is 5.76 Å². The number of nitrogens with one attached hydrogen (secondary N) is 1. The van der Waals surface area contributed by atoms with Crippen molar-refractivity contribution in [3.63, 3.8) is 0 Å². The molecule has 1 N–H and O–H groups in total. The number of pyridine rings is 1. The highest BCUT2D eigenvalue weighted by atomic mass is 16.5. The van der Waals surface area contributed by atoms with Gasteiger partial charge < -0.3 is 14.7 Å². The molecular formula is C25H22N4O3. The normalized spacial score (nSPS) is 14.4. The third kappa shape index (κ3) is 3.97. The third-order valence-corrected chi connectivity index (χ3v) is 5.82. The first-order valence-corrected chi connectivity index (χ1v) is 10.6. The Morgan fingerprint density at radius 2 is 1.69 bits per heavy atom. The van der Waals surface area contributed by atoms with Crippen molar-refractivity contribution in [2.24, 2.45) is 0 Å². The molecule has 1 aliphatic rings. The van der Waals surface area contributed by atoms with Crippen LogP contribution in [0, 0.1) is 0 Å². The average Bonchev–Trinajstić information content (AvgIpc) is 3.28. The van der Waals surface area contributed by atoms with E-state index in [4.69, 9.17) is 4.52 Å². The van der Waals surface area contributed by atoms with Gasteiger partial charge in [-0.25, -0.2) is 0 Å². The molecule has 0 saturated carbocycles. The molecule has 0 bridgehead atoms. The zero-order valence-electron chi connectivity index (χ0n) is 17.4. The number of hydrogen-bond donors (Lipinski definition) is 1. The Morgan fingerprint density at radius 1 is 0.938 bits per heavy atom. The van der Waals surface area contributed by atoms with Gasteiger partial charge in [-0.1, -0.05) is 35.5 Å². The summed E-state index contributed by atoms with van der Waals surface area (Å²) in [7, 11) is 0. The molecule has 2 aromatic carbocycles. The van der Waals surface area contributed by atoms with Gasteiger partial charge in [0.1, 0.15) is 5.52 Å². The highest BCUT2D eigenvalue weighted by Crippen LogP contribution is 2.29. The van der Waals surface area contributed by atoms with Gasteiger partial charge in [0.25, 0.3) is 11.8 Å². The molecule has 0 spiro atoms. The smallest absolute Gasteiger partial charge is 0.253 e. The van der Waals surface area contributed by atoms with Crippen molar-refractivity contribution in [2.75, 3.05) is 13.1 Å². The second kappa shape index (κ2) is 8.63. The highest BCUT2D eigenvalue weighted by Gasteiger charge is 2.25. The molecule has 32 heavy (non-hydrogen) atoms. The fourth-order valence-corrected chi connectivity index (χ4v) is 4.05. The van der Waals surface area contributed by atoms with Gasteiger partial charge in [-0.15, -0.1) is 0 Å². The maximum Gasteiger partial charge on any atom is 0.253 e. The number of piperidine rings is 1. The summed E-state index contributed by atoms with van der Waals surface area (Å²) in [6.07, 6.45) is 4.67. The molecule has 5 rings (SSSR count). The largest absolute Gasteiger partial charge is 0.355 e. The van der Waals surface area contributed by atoms with Crippen LogP contribution in [0.15, 0.2) is 77.6 Å². The minimum absolute atomic E-state index is 0.00327. The monoisotopic (exact) mass is 426 g/mol. The van der Waals surface area contributed by atoms with E-state index in [1.54, 1.807) is 36.7 Å². The van der Waals surface area contributed by atoms with Crippen molar-refractivity contribution >= 4 is 22.7 Å². The Morgan fingerprint density at radius 3 is 2.44 bits per heavy atom. The number of carbonyl (C=O) groups excluding carboxylic acids is 2. The number of fused-ring (bicyclic) bond motifs is 1. The molecule has 1 fully saturated rings. The van der Waals surface area contributed by atoms with Crippen LogP contribution in [0.3, 0.4) is 0 Å². The molecule has 0 atom stereocenters. The molecule has 160 valence electrons. The van der Waals surface area contributed by atoms with Crippen LogP contribution in [-0.4, -0.2) is 46.0 Å². The molecule has 2 amide bonds. The number of hydrogen-bond acceptors (Lipinski definition) is 5. The van der Waals surface area contributed by atoms with Crippen LogP contribution in [0.25, 0.3) is 22.2 Å². The van der Waals surface area contributed by atoms with E-state index in [0.29, 0.717) is 48.3 Å². The van der Waals surface area contributed by atoms with Crippen LogP contribution in [0.4, 0.5) is 0 Å². The molecule has 2 aromatic heterocycles. The van der Waals surface area contributed by atoms with Crippen molar-refractivity contribution in [2.45, 2.75) is 18.9 Å². The Bertz CT molecular complexity index is 1250. The topological polar surface area (TPSA) is 88.3 Å². The van der Waals surface area contributed by atoms with E-state index >= 15 is 0 Å². The lowest BCUT2D eigenvalue weighted by atomic mass is 10.0. The number of likely N-dealkylation sites (tertiary alicyclic amines) is 1. The fourth-order valence-electron chi connectivity index (χ4n) is 4.05. The minimum Gasteiger partial charge on any atom is -0.355 e. The lowest BCUT2D eigenvalue weighted by molar-refractivity contribution is 0.0698. The Hall–Kier alpha value is -4.00. The van der Waals surface area contributed by atoms with Crippen LogP contribution in [-0.2, 0) is 0 Å². The van der Waals surface area contributed by atoms with Crippen molar-refractivity contribution in [1.82, 2.24) is 20.4 Å². The maximum atomic E-state index is 12.9. The molecule has 0 unspecified atom stereocenters. The Balaban J connectivity index is 1.25. The van der Waals surface area contributed by atoms with E-state index in [-0.39, 0.29) is 17.9 Å². The lowest BCUT2D eigenvalue weighted by Crippen LogP contribution is -2.46.